The van der Waals surface area contributed by atoms with Gasteiger partial charge in [0.05, 0.1) is 6.04 Å². The van der Waals surface area contributed by atoms with Crippen LogP contribution in [0.25, 0.3) is 0 Å². The molecule has 0 fully saturated rings. The number of hydrogen-bond acceptors (Lipinski definition) is 3. The fourth-order valence-corrected chi connectivity index (χ4v) is 1.46. The Morgan fingerprint density at radius 2 is 1.81 bits per heavy atom. The van der Waals surface area contributed by atoms with Crippen molar-refractivity contribution in [1.29, 1.82) is 0 Å². The summed E-state index contributed by atoms with van der Waals surface area (Å²) in [7, 11) is 0. The quantitative estimate of drug-likeness (QED) is 0.859. The van der Waals surface area contributed by atoms with Gasteiger partial charge < -0.3 is 5.32 Å². The third-order valence-electron chi connectivity index (χ3n) is 2.17. The number of Topliss-reactive ketones (excluding diaryl/α,β-unsaturated/α-hetero) is 2. The van der Waals surface area contributed by atoms with E-state index in [0.717, 1.165) is 5.69 Å². The Bertz CT molecular complexity index is 387. The van der Waals surface area contributed by atoms with E-state index in [-0.39, 0.29) is 18.0 Å². The van der Waals surface area contributed by atoms with E-state index in [1.54, 1.807) is 24.3 Å². The van der Waals surface area contributed by atoms with Crippen molar-refractivity contribution in [3.05, 3.63) is 29.3 Å². The molecule has 0 amide bonds. The first-order valence-corrected chi connectivity index (χ1v) is 5.39. The molecule has 0 aliphatic rings. The van der Waals surface area contributed by atoms with Crippen LogP contribution in [0.3, 0.4) is 0 Å². The van der Waals surface area contributed by atoms with E-state index in [2.05, 4.69) is 5.32 Å². The molecule has 1 atom stereocenters. The third-order valence-corrected chi connectivity index (χ3v) is 2.42. The highest BCUT2D eigenvalue weighted by Crippen LogP contribution is 2.15. The van der Waals surface area contributed by atoms with Crippen molar-refractivity contribution in [2.75, 3.05) is 5.32 Å². The Balaban J connectivity index is 2.71. The second-order valence-electron chi connectivity index (χ2n) is 3.72. The molecule has 0 aliphatic heterocycles. The molecule has 0 saturated heterocycles. The fourth-order valence-electron chi connectivity index (χ4n) is 1.33. The van der Waals surface area contributed by atoms with Crippen LogP contribution < -0.4 is 5.32 Å². The molecule has 0 bridgehead atoms. The lowest BCUT2D eigenvalue weighted by molar-refractivity contribution is -0.122. The number of nitrogens with one attached hydrogen (secondary N) is 1. The maximum Gasteiger partial charge on any atom is 0.152 e. The van der Waals surface area contributed by atoms with Crippen LogP contribution in [-0.2, 0) is 9.59 Å². The summed E-state index contributed by atoms with van der Waals surface area (Å²) in [4.78, 5) is 22.3. The van der Waals surface area contributed by atoms with Gasteiger partial charge >= 0.3 is 0 Å². The first-order chi connectivity index (χ1) is 7.49. The zero-order valence-electron chi connectivity index (χ0n) is 9.29. The highest BCUT2D eigenvalue weighted by Gasteiger charge is 2.15. The zero-order chi connectivity index (χ0) is 12.1. The average molecular weight is 240 g/mol. The molecule has 0 aromatic heterocycles. The molecule has 16 heavy (non-hydrogen) atoms. The van der Waals surface area contributed by atoms with Crippen LogP contribution in [0.2, 0.25) is 5.02 Å². The number of ketones is 2. The van der Waals surface area contributed by atoms with Gasteiger partial charge in [0, 0.05) is 17.1 Å². The number of rotatable bonds is 5. The summed E-state index contributed by atoms with van der Waals surface area (Å²) in [5.74, 6) is -0.0631. The lowest BCUT2D eigenvalue weighted by atomic mass is 10.1. The van der Waals surface area contributed by atoms with Crippen molar-refractivity contribution in [2.45, 2.75) is 26.3 Å². The summed E-state index contributed by atoms with van der Waals surface area (Å²) in [5.41, 5.74) is 0.783. The number of anilines is 1. The molecule has 0 spiro atoms. The molecule has 0 aliphatic carbocycles. The van der Waals surface area contributed by atoms with Gasteiger partial charge in [-0.25, -0.2) is 0 Å². The van der Waals surface area contributed by atoms with Crippen molar-refractivity contribution < 1.29 is 9.59 Å². The molecule has 3 nitrogen and oxygen atoms in total. The Morgan fingerprint density at radius 1 is 1.25 bits per heavy atom. The van der Waals surface area contributed by atoms with Crippen LogP contribution in [0.1, 0.15) is 20.3 Å². The molecule has 1 aromatic rings. The molecule has 0 saturated carbocycles. The van der Waals surface area contributed by atoms with Crippen molar-refractivity contribution in [2.24, 2.45) is 0 Å². The summed E-state index contributed by atoms with van der Waals surface area (Å²) in [6.45, 7) is 2.94. The molecule has 1 N–H and O–H groups in total. The van der Waals surface area contributed by atoms with Gasteiger partial charge in [0.2, 0.25) is 0 Å². The normalized spacial score (nSPS) is 11.9. The molecule has 86 valence electrons. The van der Waals surface area contributed by atoms with Gasteiger partial charge in [-0.1, -0.05) is 11.6 Å². The van der Waals surface area contributed by atoms with Gasteiger partial charge in [0.25, 0.3) is 0 Å². The highest BCUT2D eigenvalue weighted by atomic mass is 35.5. The van der Waals surface area contributed by atoms with Crippen LogP contribution >= 0.6 is 11.6 Å². The Morgan fingerprint density at radius 3 is 2.25 bits per heavy atom. The van der Waals surface area contributed by atoms with Gasteiger partial charge in [0.1, 0.15) is 5.78 Å². The van der Waals surface area contributed by atoms with Crippen LogP contribution in [0.5, 0.6) is 0 Å². The van der Waals surface area contributed by atoms with E-state index in [0.29, 0.717) is 5.02 Å². The summed E-state index contributed by atoms with van der Waals surface area (Å²) < 4.78 is 0. The summed E-state index contributed by atoms with van der Waals surface area (Å²) in [5, 5.41) is 3.64. The Hall–Kier alpha value is -1.35. The number of carbonyl (C=O) groups excluding carboxylic acids is 2. The molecule has 0 heterocycles. The summed E-state index contributed by atoms with van der Waals surface area (Å²) in [6, 6.07) is 6.55. The first kappa shape index (κ1) is 12.7. The second-order valence-corrected chi connectivity index (χ2v) is 4.16. The maximum absolute atomic E-state index is 11.3. The number of hydrogen-bond donors (Lipinski definition) is 1. The average Bonchev–Trinajstić information content (AvgIpc) is 2.19. The predicted molar refractivity (Wildman–Crippen MR) is 64.8 cm³/mol. The Labute approximate surface area is 99.8 Å². The van der Waals surface area contributed by atoms with Gasteiger partial charge in [-0.3, -0.25) is 9.59 Å². The summed E-state index contributed by atoms with van der Waals surface area (Å²) >= 11 is 5.75. The van der Waals surface area contributed by atoms with E-state index in [1.807, 2.05) is 0 Å². The van der Waals surface area contributed by atoms with Gasteiger partial charge in [0.15, 0.2) is 5.78 Å². The van der Waals surface area contributed by atoms with Gasteiger partial charge in [-0.2, -0.15) is 0 Å². The number of halogens is 1. The largest absolute Gasteiger partial charge is 0.375 e. The minimum absolute atomic E-state index is 0.0123. The molecule has 1 aromatic carbocycles. The monoisotopic (exact) mass is 239 g/mol. The molecular formula is C12H14ClNO2. The van der Waals surface area contributed by atoms with Crippen molar-refractivity contribution >= 4 is 28.9 Å². The standard InChI is InChI=1S/C12H14ClNO2/c1-8(15)7-12(9(2)16)14-11-5-3-10(13)4-6-11/h3-6,12,14H,7H2,1-2H3. The zero-order valence-corrected chi connectivity index (χ0v) is 10.0. The van der Waals surface area contributed by atoms with Crippen LogP contribution in [-0.4, -0.2) is 17.6 Å². The molecule has 4 heteroatoms. The molecule has 1 rings (SSSR count). The first-order valence-electron chi connectivity index (χ1n) is 5.01. The maximum atomic E-state index is 11.3. The molecular weight excluding hydrogens is 226 g/mol. The van der Waals surface area contributed by atoms with E-state index >= 15 is 0 Å². The van der Waals surface area contributed by atoms with Gasteiger partial charge in [-0.15, -0.1) is 0 Å². The van der Waals surface area contributed by atoms with Crippen molar-refractivity contribution in [3.8, 4) is 0 Å². The third kappa shape index (κ3) is 4.03. The second kappa shape index (κ2) is 5.66. The van der Waals surface area contributed by atoms with E-state index in [1.165, 1.54) is 13.8 Å². The smallest absolute Gasteiger partial charge is 0.152 e. The lowest BCUT2D eigenvalue weighted by Gasteiger charge is -2.15. The van der Waals surface area contributed by atoms with Crippen molar-refractivity contribution in [3.63, 3.8) is 0 Å². The van der Waals surface area contributed by atoms with E-state index in [4.69, 9.17) is 11.6 Å². The van der Waals surface area contributed by atoms with Crippen LogP contribution in [0.4, 0.5) is 5.69 Å². The fraction of sp³-hybridized carbons (Fsp3) is 0.333. The van der Waals surface area contributed by atoms with Crippen molar-refractivity contribution in [1.82, 2.24) is 0 Å². The van der Waals surface area contributed by atoms with Gasteiger partial charge in [-0.05, 0) is 38.1 Å². The predicted octanol–water partition coefficient (Wildman–Crippen LogP) is 2.69. The topological polar surface area (TPSA) is 46.2 Å². The Kier molecular flexibility index (Phi) is 4.50. The molecule has 1 unspecified atom stereocenters. The van der Waals surface area contributed by atoms with Crippen LogP contribution in [0.15, 0.2) is 24.3 Å². The highest BCUT2D eigenvalue weighted by molar-refractivity contribution is 6.30. The number of carbonyl (C=O) groups is 2. The van der Waals surface area contributed by atoms with Crippen LogP contribution in [0, 0.1) is 0 Å². The lowest BCUT2D eigenvalue weighted by Crippen LogP contribution is -2.29. The molecule has 0 radical (unpaired) electrons. The minimum atomic E-state index is -0.460. The van der Waals surface area contributed by atoms with E-state index in [9.17, 15) is 9.59 Å². The SMILES string of the molecule is CC(=O)CC(Nc1ccc(Cl)cc1)C(C)=O. The van der Waals surface area contributed by atoms with E-state index < -0.39 is 6.04 Å². The number of benzene rings is 1. The summed E-state index contributed by atoms with van der Waals surface area (Å²) in [6.07, 6.45) is 0.206. The minimum Gasteiger partial charge on any atom is -0.375 e.